The highest BCUT2D eigenvalue weighted by molar-refractivity contribution is 9.10. The largest absolute Gasteiger partial charge is 0.493 e. The van der Waals surface area contributed by atoms with Crippen LogP contribution >= 0.6 is 15.9 Å². The van der Waals surface area contributed by atoms with E-state index in [0.29, 0.717) is 32.1 Å². The first-order valence-corrected chi connectivity index (χ1v) is 16.0. The lowest BCUT2D eigenvalue weighted by Gasteiger charge is -2.37. The summed E-state index contributed by atoms with van der Waals surface area (Å²) in [4.78, 5) is 14.0. The zero-order valence-electron chi connectivity index (χ0n) is 21.8. The Hall–Kier alpha value is -1.51. The molecule has 0 fully saturated rings. The van der Waals surface area contributed by atoms with Gasteiger partial charge in [0, 0.05) is 13.1 Å². The SMILES string of the molecule is CCOC(=O)N1CCC2=C(CCCC2Oc2c(OC)ccc(CO[Si](C)(C)C(C)(C)C)c2Br)C1. The fraction of sp³-hybridized carbons (Fsp3) is 0.654. The predicted molar refractivity (Wildman–Crippen MR) is 141 cm³/mol. The van der Waals surface area contributed by atoms with Gasteiger partial charge in [0.25, 0.3) is 0 Å². The molecule has 0 N–H and O–H groups in total. The average Bonchev–Trinajstić information content (AvgIpc) is 2.78. The van der Waals surface area contributed by atoms with Crippen molar-refractivity contribution in [1.29, 1.82) is 0 Å². The van der Waals surface area contributed by atoms with Gasteiger partial charge in [-0.3, -0.25) is 0 Å². The van der Waals surface area contributed by atoms with Crippen LogP contribution in [0.25, 0.3) is 0 Å². The molecule has 1 aliphatic heterocycles. The molecule has 1 heterocycles. The molecule has 1 aromatic carbocycles. The number of carbonyl (C=O) groups is 1. The fourth-order valence-corrected chi connectivity index (χ4v) is 5.71. The summed E-state index contributed by atoms with van der Waals surface area (Å²) in [5, 5.41) is 0.147. The van der Waals surface area contributed by atoms with Crippen molar-refractivity contribution in [3.63, 3.8) is 0 Å². The number of rotatable bonds is 7. The summed E-state index contributed by atoms with van der Waals surface area (Å²) in [7, 11) is -0.210. The molecule has 1 unspecified atom stereocenters. The summed E-state index contributed by atoms with van der Waals surface area (Å²) >= 11 is 3.80. The van der Waals surface area contributed by atoms with E-state index in [9.17, 15) is 4.79 Å². The number of benzene rings is 1. The van der Waals surface area contributed by atoms with Gasteiger partial charge in [-0.25, -0.2) is 4.79 Å². The Labute approximate surface area is 214 Å². The van der Waals surface area contributed by atoms with E-state index in [1.807, 2.05) is 19.1 Å². The van der Waals surface area contributed by atoms with Gasteiger partial charge in [0.15, 0.2) is 19.8 Å². The molecule has 34 heavy (non-hydrogen) atoms. The third-order valence-corrected chi connectivity index (χ3v) is 12.7. The fourth-order valence-electron chi connectivity index (χ4n) is 4.23. The molecule has 1 aromatic rings. The van der Waals surface area contributed by atoms with Gasteiger partial charge in [-0.1, -0.05) is 26.8 Å². The zero-order valence-corrected chi connectivity index (χ0v) is 24.3. The normalized spacial score (nSPS) is 19.1. The van der Waals surface area contributed by atoms with Crippen molar-refractivity contribution in [2.24, 2.45) is 0 Å². The molecular formula is C26H40BrNO5Si. The molecule has 0 saturated carbocycles. The van der Waals surface area contributed by atoms with E-state index >= 15 is 0 Å². The number of carbonyl (C=O) groups excluding carboxylic acids is 1. The molecule has 1 amide bonds. The van der Waals surface area contributed by atoms with E-state index in [0.717, 1.165) is 41.5 Å². The quantitative estimate of drug-likeness (QED) is 0.267. The van der Waals surface area contributed by atoms with Crippen LogP contribution in [0.2, 0.25) is 18.1 Å². The Bertz CT molecular complexity index is 925. The van der Waals surface area contributed by atoms with Gasteiger partial charge in [-0.15, -0.1) is 0 Å². The molecule has 0 saturated heterocycles. The van der Waals surface area contributed by atoms with Crippen molar-refractivity contribution in [3.8, 4) is 11.5 Å². The summed E-state index contributed by atoms with van der Waals surface area (Å²) in [5.74, 6) is 1.44. The molecule has 0 bridgehead atoms. The second-order valence-corrected chi connectivity index (χ2v) is 16.2. The zero-order chi connectivity index (χ0) is 25.1. The molecular weight excluding hydrogens is 514 g/mol. The van der Waals surface area contributed by atoms with Crippen LogP contribution in [0.15, 0.2) is 27.8 Å². The number of hydrogen-bond donors (Lipinski definition) is 0. The lowest BCUT2D eigenvalue weighted by molar-refractivity contribution is 0.104. The van der Waals surface area contributed by atoms with E-state index in [-0.39, 0.29) is 17.2 Å². The highest BCUT2D eigenvalue weighted by Crippen LogP contribution is 2.43. The topological polar surface area (TPSA) is 57.2 Å². The number of methoxy groups -OCH3 is 1. The molecule has 1 aliphatic carbocycles. The van der Waals surface area contributed by atoms with E-state index in [2.05, 4.69) is 49.8 Å². The monoisotopic (exact) mass is 553 g/mol. The van der Waals surface area contributed by atoms with Crippen LogP contribution in [0, 0.1) is 0 Å². The molecule has 0 aromatic heterocycles. The number of nitrogens with zero attached hydrogens (tertiary/aromatic N) is 1. The number of ether oxygens (including phenoxy) is 3. The average molecular weight is 555 g/mol. The van der Waals surface area contributed by atoms with E-state index in [1.165, 1.54) is 11.1 Å². The van der Waals surface area contributed by atoms with Gasteiger partial charge < -0.3 is 23.5 Å². The van der Waals surface area contributed by atoms with E-state index in [1.54, 1.807) is 12.0 Å². The highest BCUT2D eigenvalue weighted by atomic mass is 79.9. The summed E-state index contributed by atoms with van der Waals surface area (Å²) in [6, 6.07) is 4.01. The first-order chi connectivity index (χ1) is 16.0. The molecule has 1 atom stereocenters. The Morgan fingerprint density at radius 3 is 2.62 bits per heavy atom. The maximum atomic E-state index is 12.2. The summed E-state index contributed by atoms with van der Waals surface area (Å²) in [6.45, 7) is 15.3. The maximum Gasteiger partial charge on any atom is 0.410 e. The van der Waals surface area contributed by atoms with Crippen LogP contribution in [0.1, 0.15) is 58.9 Å². The second-order valence-electron chi connectivity index (χ2n) is 10.6. The van der Waals surface area contributed by atoms with E-state index < -0.39 is 8.32 Å². The number of halogens is 1. The van der Waals surface area contributed by atoms with Crippen LogP contribution < -0.4 is 9.47 Å². The second kappa shape index (κ2) is 11.0. The third kappa shape index (κ3) is 6.00. The van der Waals surface area contributed by atoms with E-state index in [4.69, 9.17) is 18.6 Å². The molecule has 0 spiro atoms. The third-order valence-electron chi connectivity index (χ3n) is 7.36. The number of hydrogen-bond acceptors (Lipinski definition) is 5. The van der Waals surface area contributed by atoms with Crippen molar-refractivity contribution in [3.05, 3.63) is 33.3 Å². The summed E-state index contributed by atoms with van der Waals surface area (Å²) in [6.07, 6.45) is 3.56. The van der Waals surface area contributed by atoms with Crippen molar-refractivity contribution >= 4 is 30.3 Å². The van der Waals surface area contributed by atoms with Crippen molar-refractivity contribution in [1.82, 2.24) is 4.90 Å². The minimum Gasteiger partial charge on any atom is -0.493 e. The number of amides is 1. The molecule has 6 nitrogen and oxygen atoms in total. The Kier molecular flexibility index (Phi) is 8.79. The highest BCUT2D eigenvalue weighted by Gasteiger charge is 2.37. The first kappa shape index (κ1) is 27.1. The molecule has 190 valence electrons. The lowest BCUT2D eigenvalue weighted by atomic mass is 9.85. The van der Waals surface area contributed by atoms with Gasteiger partial charge in [-0.05, 0) is 89.4 Å². The first-order valence-electron chi connectivity index (χ1n) is 12.3. The van der Waals surface area contributed by atoms with Crippen molar-refractivity contribution < 1.29 is 23.4 Å². The Morgan fingerprint density at radius 2 is 1.97 bits per heavy atom. The molecule has 8 heteroatoms. The minimum absolute atomic E-state index is 0.0187. The van der Waals surface area contributed by atoms with Crippen LogP contribution in [0.5, 0.6) is 11.5 Å². The molecule has 2 aliphatic rings. The van der Waals surface area contributed by atoms with Gasteiger partial charge in [0.1, 0.15) is 6.10 Å². The standard InChI is InChI=1S/C26H40BrNO5Si/c1-8-31-25(29)28-15-14-20-18(16-28)10-9-11-21(20)33-24-22(30-5)13-12-19(23(24)27)17-32-34(6,7)26(2,3)4/h12-13,21H,8-11,14-17H2,1-7H3. The molecule has 0 radical (unpaired) electrons. The van der Waals surface area contributed by atoms with Gasteiger partial charge >= 0.3 is 6.09 Å². The Morgan fingerprint density at radius 1 is 1.24 bits per heavy atom. The lowest BCUT2D eigenvalue weighted by Crippen LogP contribution is -2.41. The summed E-state index contributed by atoms with van der Waals surface area (Å²) in [5.41, 5.74) is 3.69. The minimum atomic E-state index is -1.88. The van der Waals surface area contributed by atoms with Gasteiger partial charge in [0.2, 0.25) is 0 Å². The predicted octanol–water partition coefficient (Wildman–Crippen LogP) is 7.07. The van der Waals surface area contributed by atoms with Crippen LogP contribution in [-0.2, 0) is 15.8 Å². The van der Waals surface area contributed by atoms with Crippen molar-refractivity contribution in [2.45, 2.75) is 84.2 Å². The smallest absolute Gasteiger partial charge is 0.410 e. The maximum absolute atomic E-state index is 12.2. The summed E-state index contributed by atoms with van der Waals surface area (Å²) < 4.78 is 24.9. The van der Waals surface area contributed by atoms with Crippen molar-refractivity contribution in [2.75, 3.05) is 26.8 Å². The molecule has 3 rings (SSSR count). The van der Waals surface area contributed by atoms with Crippen LogP contribution in [-0.4, -0.2) is 52.2 Å². The van der Waals surface area contributed by atoms with Gasteiger partial charge in [-0.2, -0.15) is 0 Å². The Balaban J connectivity index is 1.81. The van der Waals surface area contributed by atoms with Crippen LogP contribution in [0.4, 0.5) is 4.79 Å². The van der Waals surface area contributed by atoms with Gasteiger partial charge in [0.05, 0.1) is 24.8 Å². The van der Waals surface area contributed by atoms with Crippen LogP contribution in [0.3, 0.4) is 0 Å².